The number of nitrogens with one attached hydrogen (secondary N) is 1. The smallest absolute Gasteiger partial charge is 0.305 e. The van der Waals surface area contributed by atoms with Crippen LogP contribution in [-0.4, -0.2) is 47.4 Å². The Balaban J connectivity index is 3.37. The van der Waals surface area contributed by atoms with E-state index in [9.17, 15) is 19.8 Å². The van der Waals surface area contributed by atoms with Crippen molar-refractivity contribution in [2.45, 2.75) is 469 Å². The summed E-state index contributed by atoms with van der Waals surface area (Å²) in [6.45, 7) is 4.93. The Morgan fingerprint density at radius 1 is 0.308 bits per heavy atom. The molecule has 0 fully saturated rings. The van der Waals surface area contributed by atoms with Gasteiger partial charge in [-0.3, -0.25) is 9.59 Å². The summed E-state index contributed by atoms with van der Waals surface area (Å²) in [5.74, 6) is -0.0485. The Morgan fingerprint density at radius 2 is 0.549 bits per heavy atom. The Labute approximate surface area is 569 Å². The molecule has 0 bridgehead atoms. The second-order valence-corrected chi connectivity index (χ2v) is 28.4. The number of allylic oxidation sites excluding steroid dienone is 7. The maximum Gasteiger partial charge on any atom is 0.305 e. The molecule has 91 heavy (non-hydrogen) atoms. The van der Waals surface area contributed by atoms with Crippen molar-refractivity contribution in [1.82, 2.24) is 5.32 Å². The molecule has 0 heterocycles. The fourth-order valence-electron chi connectivity index (χ4n) is 13.0. The summed E-state index contributed by atoms with van der Waals surface area (Å²) in [7, 11) is 0. The molecule has 0 saturated heterocycles. The fourth-order valence-corrected chi connectivity index (χ4v) is 13.0. The van der Waals surface area contributed by atoms with Gasteiger partial charge in [-0.1, -0.05) is 403 Å². The Morgan fingerprint density at radius 3 is 0.857 bits per heavy atom. The van der Waals surface area contributed by atoms with Gasteiger partial charge in [-0.2, -0.15) is 0 Å². The van der Waals surface area contributed by atoms with Gasteiger partial charge < -0.3 is 20.3 Å². The molecular weight excluding hydrogens is 1110 g/mol. The average Bonchev–Trinajstić information content (AvgIpc) is 3.64. The molecule has 3 N–H and O–H groups in total. The zero-order chi connectivity index (χ0) is 65.6. The van der Waals surface area contributed by atoms with E-state index in [4.69, 9.17) is 4.74 Å². The van der Waals surface area contributed by atoms with Gasteiger partial charge in [0, 0.05) is 12.8 Å². The molecule has 1 amide bonds. The molecular formula is C85H161NO5. The van der Waals surface area contributed by atoms with Crippen LogP contribution in [0, 0.1) is 0 Å². The first-order valence-corrected chi connectivity index (χ1v) is 41.4. The Hall–Kier alpha value is -2.18. The van der Waals surface area contributed by atoms with Crippen LogP contribution in [0.4, 0.5) is 0 Å². The van der Waals surface area contributed by atoms with E-state index >= 15 is 0 Å². The number of carbonyl (C=O) groups excluding carboxylic acids is 2. The molecule has 0 aliphatic carbocycles. The molecule has 6 nitrogen and oxygen atoms in total. The van der Waals surface area contributed by atoms with E-state index in [1.807, 2.05) is 6.08 Å². The van der Waals surface area contributed by atoms with Crippen molar-refractivity contribution in [2.75, 3.05) is 13.2 Å². The first-order chi connectivity index (χ1) is 45.0. The van der Waals surface area contributed by atoms with Gasteiger partial charge in [0.05, 0.1) is 25.4 Å². The summed E-state index contributed by atoms with van der Waals surface area (Å²) in [6, 6.07) is -0.628. The maximum atomic E-state index is 12.6. The van der Waals surface area contributed by atoms with E-state index in [2.05, 4.69) is 55.6 Å². The summed E-state index contributed by atoms with van der Waals surface area (Å²) in [5.41, 5.74) is 0. The summed E-state index contributed by atoms with van der Waals surface area (Å²) in [6.07, 6.45) is 107. The van der Waals surface area contributed by atoms with Crippen LogP contribution in [0.2, 0.25) is 0 Å². The lowest BCUT2D eigenvalue weighted by Gasteiger charge is -2.20. The highest BCUT2D eigenvalue weighted by Crippen LogP contribution is 2.20. The molecule has 0 rings (SSSR count). The SMILES string of the molecule is CCCCCC/C=C\C/C=C\CCCCCCCCCC(=O)OCCCCCCCCCCCCCC/C=C\CCCCCCCCCCCCCCCCCCCC(=O)NC(CO)C(O)/C=C/CCCCCCCCCCCCCCCCCCCCCCC. The minimum atomic E-state index is -0.844. The Bertz CT molecular complexity index is 1520. The lowest BCUT2D eigenvalue weighted by atomic mass is 10.0. The molecule has 0 saturated carbocycles. The lowest BCUT2D eigenvalue weighted by molar-refractivity contribution is -0.143. The van der Waals surface area contributed by atoms with E-state index in [1.54, 1.807) is 6.08 Å². The number of aliphatic hydroxyl groups excluding tert-OH is 2. The predicted molar refractivity (Wildman–Crippen MR) is 402 cm³/mol. The van der Waals surface area contributed by atoms with Gasteiger partial charge >= 0.3 is 5.97 Å². The summed E-state index contributed by atoms with van der Waals surface area (Å²) < 4.78 is 5.51. The van der Waals surface area contributed by atoms with Crippen molar-refractivity contribution >= 4 is 11.9 Å². The van der Waals surface area contributed by atoms with E-state index in [0.29, 0.717) is 19.4 Å². The average molecular weight is 1280 g/mol. The van der Waals surface area contributed by atoms with Gasteiger partial charge in [-0.25, -0.2) is 0 Å². The van der Waals surface area contributed by atoms with Crippen LogP contribution < -0.4 is 5.32 Å². The van der Waals surface area contributed by atoms with Crippen LogP contribution in [0.3, 0.4) is 0 Å². The summed E-state index contributed by atoms with van der Waals surface area (Å²) in [5, 5.41) is 23.3. The summed E-state index contributed by atoms with van der Waals surface area (Å²) in [4.78, 5) is 24.7. The fraction of sp³-hybridized carbons (Fsp3) is 0.882. The predicted octanol–water partition coefficient (Wildman–Crippen LogP) is 27.5. The minimum Gasteiger partial charge on any atom is -0.466 e. The second kappa shape index (κ2) is 80.3. The van der Waals surface area contributed by atoms with E-state index in [-0.39, 0.29) is 18.5 Å². The highest BCUT2D eigenvalue weighted by molar-refractivity contribution is 5.76. The zero-order valence-electron chi connectivity index (χ0n) is 61.6. The van der Waals surface area contributed by atoms with Crippen molar-refractivity contribution in [2.24, 2.45) is 0 Å². The molecule has 0 aromatic rings. The number of rotatable bonds is 78. The number of unbranched alkanes of at least 4 members (excludes halogenated alkanes) is 61. The number of esters is 1. The van der Waals surface area contributed by atoms with Gasteiger partial charge in [0.1, 0.15) is 0 Å². The normalized spacial score (nSPS) is 12.7. The molecule has 0 aromatic heterocycles. The van der Waals surface area contributed by atoms with Gasteiger partial charge in [0.2, 0.25) is 5.91 Å². The molecule has 0 aliphatic heterocycles. The Kier molecular flexibility index (Phi) is 78.3. The minimum absolute atomic E-state index is 0.0117. The van der Waals surface area contributed by atoms with Crippen LogP contribution in [0.25, 0.3) is 0 Å². The van der Waals surface area contributed by atoms with Gasteiger partial charge in [-0.15, -0.1) is 0 Å². The number of amides is 1. The van der Waals surface area contributed by atoms with Crippen LogP contribution in [0.15, 0.2) is 48.6 Å². The molecule has 0 aliphatic rings. The standard InChI is InChI=1S/C85H161NO5/c1-3-5-7-9-11-13-15-17-19-21-23-24-36-39-42-45-49-53-57-61-65-69-73-77-83(88)82(81-87)86-84(89)78-74-70-66-62-58-54-50-46-43-40-37-34-32-30-28-26-25-27-29-31-33-35-38-41-44-48-52-56-60-64-68-72-76-80-91-85(90)79-75-71-67-63-59-55-51-47-22-20-18-16-14-12-10-8-6-4-2/h14,16,20,22,29,31,73,77,82-83,87-88H,3-13,15,17-19,21,23-28,30,32-72,74-76,78-81H2,1-2H3,(H,86,89)/b16-14-,22-20-,31-29-,77-73+. The van der Waals surface area contributed by atoms with Crippen LogP contribution in [0.5, 0.6) is 0 Å². The highest BCUT2D eigenvalue weighted by Gasteiger charge is 2.18. The quantitative estimate of drug-likeness (QED) is 0.0320. The van der Waals surface area contributed by atoms with Gasteiger partial charge in [0.15, 0.2) is 0 Å². The maximum absolute atomic E-state index is 12.6. The highest BCUT2D eigenvalue weighted by atomic mass is 16.5. The first-order valence-electron chi connectivity index (χ1n) is 41.4. The van der Waals surface area contributed by atoms with Crippen LogP contribution >= 0.6 is 0 Å². The van der Waals surface area contributed by atoms with Gasteiger partial charge in [0.25, 0.3) is 0 Å². The molecule has 2 atom stereocenters. The summed E-state index contributed by atoms with van der Waals surface area (Å²) >= 11 is 0. The zero-order valence-corrected chi connectivity index (χ0v) is 61.6. The van der Waals surface area contributed by atoms with Crippen molar-refractivity contribution in [3.05, 3.63) is 48.6 Å². The van der Waals surface area contributed by atoms with E-state index < -0.39 is 12.1 Å². The van der Waals surface area contributed by atoms with Gasteiger partial charge in [-0.05, 0) is 89.9 Å². The molecule has 6 heteroatoms. The second-order valence-electron chi connectivity index (χ2n) is 28.4. The van der Waals surface area contributed by atoms with Crippen molar-refractivity contribution in [3.8, 4) is 0 Å². The number of ether oxygens (including phenoxy) is 1. The van der Waals surface area contributed by atoms with E-state index in [0.717, 1.165) is 51.4 Å². The lowest BCUT2D eigenvalue weighted by Crippen LogP contribution is -2.45. The molecule has 0 radical (unpaired) electrons. The third-order valence-corrected chi connectivity index (χ3v) is 19.3. The molecule has 2 unspecified atom stereocenters. The molecule has 536 valence electrons. The van der Waals surface area contributed by atoms with Crippen LogP contribution in [-0.2, 0) is 14.3 Å². The molecule has 0 aromatic carbocycles. The number of carbonyl (C=O) groups is 2. The number of hydrogen-bond donors (Lipinski definition) is 3. The first kappa shape index (κ1) is 88.8. The van der Waals surface area contributed by atoms with E-state index in [1.165, 1.54) is 379 Å². The number of aliphatic hydroxyl groups is 2. The topological polar surface area (TPSA) is 95.9 Å². The monoisotopic (exact) mass is 1280 g/mol. The third-order valence-electron chi connectivity index (χ3n) is 19.3. The molecule has 0 spiro atoms. The van der Waals surface area contributed by atoms with Crippen molar-refractivity contribution in [3.63, 3.8) is 0 Å². The largest absolute Gasteiger partial charge is 0.466 e. The number of hydrogen-bond acceptors (Lipinski definition) is 5. The van der Waals surface area contributed by atoms with Crippen LogP contribution in [0.1, 0.15) is 457 Å². The van der Waals surface area contributed by atoms with Crippen molar-refractivity contribution < 1.29 is 24.5 Å². The third kappa shape index (κ3) is 76.7. The van der Waals surface area contributed by atoms with Crippen molar-refractivity contribution in [1.29, 1.82) is 0 Å².